The number of aromatic hydroxyl groups is 1. The number of hydrogen-bond acceptors (Lipinski definition) is 8. The summed E-state index contributed by atoms with van der Waals surface area (Å²) in [4.78, 5) is 14.6. The Kier molecular flexibility index (Phi) is 6.35. The highest BCUT2D eigenvalue weighted by molar-refractivity contribution is 7.90. The molecular formula is C17H19N3O6S. The Morgan fingerprint density at radius 3 is 2.70 bits per heavy atom. The van der Waals surface area contributed by atoms with Crippen LogP contribution in [0.5, 0.6) is 11.5 Å². The van der Waals surface area contributed by atoms with Gasteiger partial charge in [-0.05, 0) is 24.3 Å². The van der Waals surface area contributed by atoms with Crippen LogP contribution in [-0.4, -0.2) is 51.1 Å². The maximum absolute atomic E-state index is 11.5. The van der Waals surface area contributed by atoms with Gasteiger partial charge in [-0.3, -0.25) is 15.1 Å². The highest BCUT2D eigenvalue weighted by Gasteiger charge is 2.18. The summed E-state index contributed by atoms with van der Waals surface area (Å²) >= 11 is 0. The van der Waals surface area contributed by atoms with Gasteiger partial charge in [-0.25, -0.2) is 8.42 Å². The number of anilines is 1. The lowest BCUT2D eigenvalue weighted by molar-refractivity contribution is -0.384. The maximum atomic E-state index is 11.5. The van der Waals surface area contributed by atoms with Crippen molar-refractivity contribution in [3.05, 3.63) is 52.1 Å². The Morgan fingerprint density at radius 2 is 2.07 bits per heavy atom. The van der Waals surface area contributed by atoms with Crippen LogP contribution in [0.2, 0.25) is 0 Å². The molecule has 27 heavy (non-hydrogen) atoms. The largest absolute Gasteiger partial charge is 0.504 e. The van der Waals surface area contributed by atoms with Gasteiger partial charge in [-0.15, -0.1) is 0 Å². The molecule has 0 spiro atoms. The number of nitro benzene ring substituents is 1. The average molecular weight is 393 g/mol. The van der Waals surface area contributed by atoms with E-state index in [0.29, 0.717) is 11.3 Å². The lowest BCUT2D eigenvalue weighted by Crippen LogP contribution is -2.08. The van der Waals surface area contributed by atoms with Gasteiger partial charge in [0.05, 0.1) is 23.5 Å². The van der Waals surface area contributed by atoms with Crippen LogP contribution >= 0.6 is 0 Å². The number of phenolic OH excluding ortho intramolecular Hbond substituents is 1. The molecule has 2 rings (SSSR count). The molecule has 0 saturated carbocycles. The van der Waals surface area contributed by atoms with Crippen molar-refractivity contribution in [3.63, 3.8) is 0 Å². The summed E-state index contributed by atoms with van der Waals surface area (Å²) in [6.07, 6.45) is 2.46. The number of sulfone groups is 1. The molecule has 0 bridgehead atoms. The number of phenols is 1. The Bertz CT molecular complexity index is 973. The van der Waals surface area contributed by atoms with E-state index in [-0.39, 0.29) is 35.1 Å². The highest BCUT2D eigenvalue weighted by atomic mass is 32.2. The van der Waals surface area contributed by atoms with Crippen LogP contribution in [0.4, 0.5) is 11.4 Å². The van der Waals surface area contributed by atoms with Crippen molar-refractivity contribution in [3.8, 4) is 11.5 Å². The van der Waals surface area contributed by atoms with E-state index in [0.717, 1.165) is 12.3 Å². The van der Waals surface area contributed by atoms with Gasteiger partial charge in [-0.2, -0.15) is 0 Å². The van der Waals surface area contributed by atoms with E-state index in [2.05, 4.69) is 10.3 Å². The number of nitrogens with one attached hydrogen (secondary N) is 1. The fourth-order valence-electron chi connectivity index (χ4n) is 2.27. The van der Waals surface area contributed by atoms with Crippen LogP contribution in [0, 0.1) is 10.1 Å². The number of aliphatic imine (C=N–C) groups is 1. The maximum Gasteiger partial charge on any atom is 0.293 e. The second-order valence-corrected chi connectivity index (χ2v) is 7.58. The molecule has 0 saturated heterocycles. The number of para-hydroxylation sites is 1. The molecule has 2 aromatic rings. The van der Waals surface area contributed by atoms with Crippen LogP contribution < -0.4 is 10.1 Å². The summed E-state index contributed by atoms with van der Waals surface area (Å²) in [6, 6.07) is 8.69. The minimum absolute atomic E-state index is 0.0243. The molecule has 0 radical (unpaired) electrons. The van der Waals surface area contributed by atoms with Crippen molar-refractivity contribution >= 4 is 27.4 Å². The first kappa shape index (κ1) is 20.2. The van der Waals surface area contributed by atoms with Gasteiger partial charge in [0, 0.05) is 30.6 Å². The molecule has 0 heterocycles. The second kappa shape index (κ2) is 8.49. The second-order valence-electron chi connectivity index (χ2n) is 5.57. The van der Waals surface area contributed by atoms with Gasteiger partial charge >= 0.3 is 0 Å². The molecule has 0 amide bonds. The number of nitrogens with zero attached hydrogens (tertiary/aromatic N) is 2. The third-order valence-electron chi connectivity index (χ3n) is 3.63. The van der Waals surface area contributed by atoms with Gasteiger partial charge < -0.3 is 15.2 Å². The molecule has 0 atom stereocenters. The minimum atomic E-state index is -3.53. The Labute approximate surface area is 156 Å². The van der Waals surface area contributed by atoms with E-state index in [1.807, 2.05) is 0 Å². The lowest BCUT2D eigenvalue weighted by atomic mass is 10.2. The van der Waals surface area contributed by atoms with Crippen molar-refractivity contribution in [1.29, 1.82) is 0 Å². The van der Waals surface area contributed by atoms with Crippen LogP contribution in [0.3, 0.4) is 0 Å². The highest BCUT2D eigenvalue weighted by Crippen LogP contribution is 2.28. The zero-order chi connectivity index (χ0) is 20.0. The van der Waals surface area contributed by atoms with Crippen LogP contribution in [0.1, 0.15) is 5.56 Å². The van der Waals surface area contributed by atoms with Gasteiger partial charge in [0.25, 0.3) is 5.69 Å². The lowest BCUT2D eigenvalue weighted by Gasteiger charge is -2.07. The summed E-state index contributed by atoms with van der Waals surface area (Å²) in [5.74, 6) is 0.308. The van der Waals surface area contributed by atoms with Crippen LogP contribution in [0.25, 0.3) is 0 Å². The van der Waals surface area contributed by atoms with Crippen molar-refractivity contribution in [2.45, 2.75) is 4.90 Å². The number of nitro groups is 1. The average Bonchev–Trinajstić information content (AvgIpc) is 2.61. The standard InChI is InChI=1S/C17H19N3O6S/c1-26-16-5-3-4-12(17(16)21)11-18-8-9-19-14-7-6-13(27(2,24)25)10-15(14)20(22)23/h3-7,10-11,19,21H,8-9H2,1-2H3. The zero-order valence-electron chi connectivity index (χ0n) is 14.7. The molecule has 2 N–H and O–H groups in total. The molecule has 9 nitrogen and oxygen atoms in total. The third-order valence-corrected chi connectivity index (χ3v) is 4.74. The number of benzene rings is 2. The van der Waals surface area contributed by atoms with Gasteiger partial charge in [0.15, 0.2) is 21.3 Å². The molecule has 0 aromatic heterocycles. The molecule has 0 unspecified atom stereocenters. The summed E-state index contributed by atoms with van der Waals surface area (Å²) < 4.78 is 28.1. The van der Waals surface area contributed by atoms with Crippen molar-refractivity contribution in [2.24, 2.45) is 4.99 Å². The van der Waals surface area contributed by atoms with Gasteiger partial charge in [-0.1, -0.05) is 6.07 Å². The predicted molar refractivity (Wildman–Crippen MR) is 102 cm³/mol. The smallest absolute Gasteiger partial charge is 0.293 e. The predicted octanol–water partition coefficient (Wildman–Crippen LogP) is 2.24. The van der Waals surface area contributed by atoms with E-state index < -0.39 is 14.8 Å². The van der Waals surface area contributed by atoms with Gasteiger partial charge in [0.2, 0.25) is 0 Å². The van der Waals surface area contributed by atoms with E-state index in [1.165, 1.54) is 25.5 Å². The van der Waals surface area contributed by atoms with Gasteiger partial charge in [0.1, 0.15) is 5.69 Å². The molecule has 0 aliphatic rings. The number of methoxy groups -OCH3 is 1. The summed E-state index contributed by atoms with van der Waals surface area (Å²) in [5, 5.41) is 24.0. The molecule has 0 fully saturated rings. The van der Waals surface area contributed by atoms with E-state index in [9.17, 15) is 23.6 Å². The SMILES string of the molecule is COc1cccc(C=NCCNc2ccc(S(C)(=O)=O)cc2[N+](=O)[O-])c1O. The first-order valence-corrected chi connectivity index (χ1v) is 9.71. The Balaban J connectivity index is 2.04. The number of hydrogen-bond donors (Lipinski definition) is 2. The monoisotopic (exact) mass is 393 g/mol. The quantitative estimate of drug-likeness (QED) is 0.304. The molecule has 10 heteroatoms. The fourth-order valence-corrected chi connectivity index (χ4v) is 2.91. The third kappa shape index (κ3) is 5.17. The van der Waals surface area contributed by atoms with Crippen LogP contribution in [-0.2, 0) is 9.84 Å². The fraction of sp³-hybridized carbons (Fsp3) is 0.235. The molecule has 2 aromatic carbocycles. The molecule has 0 aliphatic heterocycles. The summed E-state index contributed by atoms with van der Waals surface area (Å²) in [7, 11) is -2.09. The molecular weight excluding hydrogens is 374 g/mol. The molecule has 0 aliphatic carbocycles. The number of rotatable bonds is 8. The number of ether oxygens (including phenoxy) is 1. The Hall–Kier alpha value is -3.14. The van der Waals surface area contributed by atoms with E-state index in [4.69, 9.17) is 4.74 Å². The summed E-state index contributed by atoms with van der Waals surface area (Å²) in [5.41, 5.74) is 0.358. The van der Waals surface area contributed by atoms with E-state index in [1.54, 1.807) is 18.2 Å². The summed E-state index contributed by atoms with van der Waals surface area (Å²) in [6.45, 7) is 0.557. The van der Waals surface area contributed by atoms with Crippen LogP contribution in [0.15, 0.2) is 46.3 Å². The first-order chi connectivity index (χ1) is 12.7. The Morgan fingerprint density at radius 1 is 1.33 bits per heavy atom. The zero-order valence-corrected chi connectivity index (χ0v) is 15.6. The first-order valence-electron chi connectivity index (χ1n) is 7.82. The van der Waals surface area contributed by atoms with E-state index >= 15 is 0 Å². The van der Waals surface area contributed by atoms with Crippen molar-refractivity contribution < 1.29 is 23.2 Å². The topological polar surface area (TPSA) is 131 Å². The van der Waals surface area contributed by atoms with Crippen molar-refractivity contribution in [2.75, 3.05) is 31.8 Å². The normalized spacial score (nSPS) is 11.5. The molecule has 144 valence electrons. The minimum Gasteiger partial charge on any atom is -0.504 e. The van der Waals surface area contributed by atoms with Crippen molar-refractivity contribution in [1.82, 2.24) is 0 Å².